The van der Waals surface area contributed by atoms with E-state index in [9.17, 15) is 14.9 Å². The van der Waals surface area contributed by atoms with Crippen molar-refractivity contribution in [1.82, 2.24) is 9.78 Å². The largest absolute Gasteiger partial charge is 0.300 e. The quantitative estimate of drug-likeness (QED) is 0.623. The number of carbonyl (C=O) groups is 1. The number of nitro benzene ring substituents is 1. The summed E-state index contributed by atoms with van der Waals surface area (Å²) in [5, 5.41) is 15.0. The summed E-state index contributed by atoms with van der Waals surface area (Å²) in [6, 6.07) is 6.21. The number of aryl methyl sites for hydroxylation is 1. The lowest BCUT2D eigenvalue weighted by Gasteiger charge is -2.00. The molecule has 19 heavy (non-hydrogen) atoms. The van der Waals surface area contributed by atoms with Crippen molar-refractivity contribution < 1.29 is 9.72 Å². The zero-order chi connectivity index (χ0) is 14.0. The zero-order valence-corrected chi connectivity index (χ0v) is 10.7. The normalized spacial score (nSPS) is 10.4. The number of nitrogens with zero attached hydrogens (tertiary/aromatic N) is 3. The smallest absolute Gasteiger partial charge is 0.271 e. The minimum absolute atomic E-state index is 0.0128. The highest BCUT2D eigenvalue weighted by molar-refractivity contribution is 5.78. The Morgan fingerprint density at radius 2 is 2.21 bits per heavy atom. The van der Waals surface area contributed by atoms with Gasteiger partial charge in [-0.15, -0.1) is 0 Å². The lowest BCUT2D eigenvalue weighted by Crippen LogP contribution is -1.97. The monoisotopic (exact) mass is 259 g/mol. The van der Waals surface area contributed by atoms with Crippen LogP contribution in [-0.4, -0.2) is 20.5 Å². The maximum Gasteiger partial charge on any atom is 0.271 e. The maximum absolute atomic E-state index is 11.1. The molecule has 1 heterocycles. The lowest BCUT2D eigenvalue weighted by atomic mass is 10.1. The fourth-order valence-electron chi connectivity index (χ4n) is 1.82. The van der Waals surface area contributed by atoms with E-state index in [1.807, 2.05) is 6.92 Å². The molecule has 6 heteroatoms. The summed E-state index contributed by atoms with van der Waals surface area (Å²) in [4.78, 5) is 21.4. The minimum atomic E-state index is -0.448. The van der Waals surface area contributed by atoms with E-state index in [1.165, 1.54) is 19.1 Å². The third-order valence-electron chi connectivity index (χ3n) is 2.75. The molecule has 0 saturated heterocycles. The molecule has 2 rings (SSSR count). The Kier molecular flexibility index (Phi) is 3.41. The van der Waals surface area contributed by atoms with Crippen molar-refractivity contribution >= 4 is 11.5 Å². The molecule has 0 atom stereocenters. The van der Waals surface area contributed by atoms with Crippen LogP contribution in [-0.2, 0) is 11.2 Å². The van der Waals surface area contributed by atoms with E-state index in [0.29, 0.717) is 12.1 Å². The standard InChI is InChI=1S/C13H13N3O3/c1-9(17)6-11-8-15(14-10(11)2)12-4-3-5-13(7-12)16(18)19/h3-5,7-8H,6H2,1-2H3. The zero-order valence-electron chi connectivity index (χ0n) is 10.7. The highest BCUT2D eigenvalue weighted by atomic mass is 16.6. The fourth-order valence-corrected chi connectivity index (χ4v) is 1.82. The van der Waals surface area contributed by atoms with Crippen molar-refractivity contribution in [3.05, 3.63) is 51.8 Å². The molecule has 6 nitrogen and oxygen atoms in total. The van der Waals surface area contributed by atoms with E-state index >= 15 is 0 Å². The molecule has 0 fully saturated rings. The van der Waals surface area contributed by atoms with Gasteiger partial charge in [-0.2, -0.15) is 5.10 Å². The highest BCUT2D eigenvalue weighted by Gasteiger charge is 2.11. The molecule has 2 aromatic rings. The topological polar surface area (TPSA) is 78.0 Å². The Hall–Kier alpha value is -2.50. The third kappa shape index (κ3) is 2.85. The van der Waals surface area contributed by atoms with Gasteiger partial charge in [-0.1, -0.05) is 6.07 Å². The number of rotatable bonds is 4. The Bertz CT molecular complexity index is 646. The second-order valence-electron chi connectivity index (χ2n) is 4.34. The van der Waals surface area contributed by atoms with Gasteiger partial charge in [0.25, 0.3) is 5.69 Å². The van der Waals surface area contributed by atoms with Gasteiger partial charge in [0.2, 0.25) is 0 Å². The van der Waals surface area contributed by atoms with Crippen LogP contribution >= 0.6 is 0 Å². The Balaban J connectivity index is 2.39. The molecule has 0 radical (unpaired) electrons. The Morgan fingerprint density at radius 3 is 2.84 bits per heavy atom. The molecule has 0 aliphatic heterocycles. The minimum Gasteiger partial charge on any atom is -0.300 e. The van der Waals surface area contributed by atoms with Gasteiger partial charge >= 0.3 is 0 Å². The van der Waals surface area contributed by atoms with Crippen molar-refractivity contribution in [3.63, 3.8) is 0 Å². The molecule has 0 spiro atoms. The van der Waals surface area contributed by atoms with Crippen LogP contribution in [0.1, 0.15) is 18.2 Å². The van der Waals surface area contributed by atoms with Crippen LogP contribution in [0.2, 0.25) is 0 Å². The number of non-ortho nitro benzene ring substituents is 1. The number of carbonyl (C=O) groups excluding carboxylic acids is 1. The number of hydrogen-bond donors (Lipinski definition) is 0. The molecule has 0 amide bonds. The number of hydrogen-bond acceptors (Lipinski definition) is 4. The van der Waals surface area contributed by atoms with Crippen molar-refractivity contribution in [2.45, 2.75) is 20.3 Å². The van der Waals surface area contributed by atoms with Gasteiger partial charge in [-0.25, -0.2) is 4.68 Å². The third-order valence-corrected chi connectivity index (χ3v) is 2.75. The van der Waals surface area contributed by atoms with Crippen LogP contribution in [0.25, 0.3) is 5.69 Å². The summed E-state index contributed by atoms with van der Waals surface area (Å²) in [5.74, 6) is 0.0571. The lowest BCUT2D eigenvalue weighted by molar-refractivity contribution is -0.384. The van der Waals surface area contributed by atoms with E-state index in [1.54, 1.807) is 23.0 Å². The summed E-state index contributed by atoms with van der Waals surface area (Å²) in [6.45, 7) is 3.33. The summed E-state index contributed by atoms with van der Waals surface area (Å²) in [6.07, 6.45) is 2.05. The number of benzene rings is 1. The van der Waals surface area contributed by atoms with Crippen LogP contribution in [0, 0.1) is 17.0 Å². The molecular formula is C13H13N3O3. The number of nitro groups is 1. The Labute approximate surface area is 109 Å². The van der Waals surface area contributed by atoms with Crippen molar-refractivity contribution in [1.29, 1.82) is 0 Å². The van der Waals surface area contributed by atoms with E-state index in [-0.39, 0.29) is 11.5 Å². The van der Waals surface area contributed by atoms with Gasteiger partial charge in [-0.05, 0) is 19.9 Å². The van der Waals surface area contributed by atoms with Crippen LogP contribution in [0.5, 0.6) is 0 Å². The average Bonchev–Trinajstić information content (AvgIpc) is 2.70. The van der Waals surface area contributed by atoms with Crippen LogP contribution in [0.3, 0.4) is 0 Å². The SMILES string of the molecule is CC(=O)Cc1cn(-c2cccc([N+](=O)[O-])c2)nc1C. The van der Waals surface area contributed by atoms with Gasteiger partial charge in [0.05, 0.1) is 16.3 Å². The first kappa shape index (κ1) is 12.9. The van der Waals surface area contributed by atoms with E-state index in [4.69, 9.17) is 0 Å². The fraction of sp³-hybridized carbons (Fsp3) is 0.231. The molecule has 0 unspecified atom stereocenters. The number of aromatic nitrogens is 2. The van der Waals surface area contributed by atoms with Gasteiger partial charge < -0.3 is 0 Å². The van der Waals surface area contributed by atoms with E-state index in [0.717, 1.165) is 11.3 Å². The van der Waals surface area contributed by atoms with Gasteiger partial charge in [0.1, 0.15) is 5.78 Å². The molecule has 0 bridgehead atoms. The maximum atomic E-state index is 11.1. The van der Waals surface area contributed by atoms with Crippen LogP contribution in [0.15, 0.2) is 30.5 Å². The van der Waals surface area contributed by atoms with Crippen molar-refractivity contribution in [2.75, 3.05) is 0 Å². The van der Waals surface area contributed by atoms with Crippen molar-refractivity contribution in [3.8, 4) is 5.69 Å². The second kappa shape index (κ2) is 5.01. The molecule has 0 N–H and O–H groups in total. The first-order chi connectivity index (χ1) is 8.97. The molecule has 0 aliphatic rings. The van der Waals surface area contributed by atoms with Gasteiger partial charge in [0, 0.05) is 30.3 Å². The highest BCUT2D eigenvalue weighted by Crippen LogP contribution is 2.18. The second-order valence-corrected chi connectivity index (χ2v) is 4.34. The van der Waals surface area contributed by atoms with Gasteiger partial charge in [-0.3, -0.25) is 14.9 Å². The molecule has 1 aromatic heterocycles. The molecule has 1 aromatic carbocycles. The predicted molar refractivity (Wildman–Crippen MR) is 69.3 cm³/mol. The number of ketones is 1. The predicted octanol–water partition coefficient (Wildman–Crippen LogP) is 2.22. The summed E-state index contributed by atoms with van der Waals surface area (Å²) >= 11 is 0. The van der Waals surface area contributed by atoms with Gasteiger partial charge in [0.15, 0.2) is 0 Å². The van der Waals surface area contributed by atoms with Crippen LogP contribution < -0.4 is 0 Å². The summed E-state index contributed by atoms with van der Waals surface area (Å²) < 4.78 is 1.56. The molecule has 0 aliphatic carbocycles. The summed E-state index contributed by atoms with van der Waals surface area (Å²) in [5.41, 5.74) is 2.20. The molecular weight excluding hydrogens is 246 g/mol. The first-order valence-corrected chi connectivity index (χ1v) is 5.77. The first-order valence-electron chi connectivity index (χ1n) is 5.77. The Morgan fingerprint density at radius 1 is 1.47 bits per heavy atom. The molecule has 0 saturated carbocycles. The average molecular weight is 259 g/mol. The molecule has 98 valence electrons. The number of Topliss-reactive ketones (excluding diaryl/α,β-unsaturated/α-hetero) is 1. The van der Waals surface area contributed by atoms with Crippen molar-refractivity contribution in [2.24, 2.45) is 0 Å². The van der Waals surface area contributed by atoms with Crippen LogP contribution in [0.4, 0.5) is 5.69 Å². The van der Waals surface area contributed by atoms with E-state index < -0.39 is 4.92 Å². The summed E-state index contributed by atoms with van der Waals surface area (Å²) in [7, 11) is 0. The van der Waals surface area contributed by atoms with E-state index in [2.05, 4.69) is 5.10 Å².